The van der Waals surface area contributed by atoms with E-state index in [1.807, 2.05) is 18.2 Å². The van der Waals surface area contributed by atoms with E-state index >= 15 is 0 Å². The maximum Gasteiger partial charge on any atom is 0.344 e. The van der Waals surface area contributed by atoms with Crippen LogP contribution in [-0.4, -0.2) is 46.8 Å². The Balaban J connectivity index is 2.52. The number of amides is 1. The number of carbonyl (C=O) groups is 3. The van der Waals surface area contributed by atoms with Crippen LogP contribution < -0.4 is 5.32 Å². The van der Waals surface area contributed by atoms with Gasteiger partial charge in [-0.05, 0) is 19.9 Å². The molecule has 0 aliphatic heterocycles. The molecule has 2 rings (SSSR count). The number of aromatic nitrogens is 2. The number of nitrogens with zero attached hydrogens (tertiary/aromatic N) is 1. The summed E-state index contributed by atoms with van der Waals surface area (Å²) in [4.78, 5) is 36.9. The number of hydrogen-bond donors (Lipinski definition) is 2. The molecule has 0 saturated carbocycles. The van der Waals surface area contributed by atoms with Gasteiger partial charge < -0.3 is 14.8 Å². The topological polar surface area (TPSA) is 110 Å². The van der Waals surface area contributed by atoms with Crippen molar-refractivity contribution in [2.45, 2.75) is 32.7 Å². The van der Waals surface area contributed by atoms with Crippen LogP contribution in [0, 0.1) is 0 Å². The maximum absolute atomic E-state index is 12.6. The molecule has 0 saturated heterocycles. The SMILES string of the molecule is CCOC(=O)C(Cc1[nH]nc2ccccc12)(NC(C)=O)C(=O)OCC. The van der Waals surface area contributed by atoms with E-state index in [0.717, 1.165) is 5.39 Å². The Morgan fingerprint density at radius 3 is 2.28 bits per heavy atom. The second kappa shape index (κ2) is 7.78. The van der Waals surface area contributed by atoms with Gasteiger partial charge in [-0.15, -0.1) is 0 Å². The molecule has 25 heavy (non-hydrogen) atoms. The fourth-order valence-electron chi connectivity index (χ4n) is 2.60. The van der Waals surface area contributed by atoms with E-state index in [-0.39, 0.29) is 19.6 Å². The Hall–Kier alpha value is -2.90. The van der Waals surface area contributed by atoms with Crippen molar-refractivity contribution >= 4 is 28.7 Å². The third-order valence-corrected chi connectivity index (χ3v) is 3.62. The number of hydrogen-bond acceptors (Lipinski definition) is 6. The van der Waals surface area contributed by atoms with Crippen LogP contribution in [0.15, 0.2) is 24.3 Å². The number of carbonyl (C=O) groups excluding carboxylic acids is 3. The molecule has 8 nitrogen and oxygen atoms in total. The molecule has 0 aliphatic rings. The Kier molecular flexibility index (Phi) is 5.74. The van der Waals surface area contributed by atoms with Gasteiger partial charge in [-0.2, -0.15) is 5.10 Å². The van der Waals surface area contributed by atoms with Crippen molar-refractivity contribution in [2.75, 3.05) is 13.2 Å². The molecule has 0 unspecified atom stereocenters. The predicted octanol–water partition coefficient (Wildman–Crippen LogP) is 1.11. The summed E-state index contributed by atoms with van der Waals surface area (Å²) in [6.07, 6.45) is -0.162. The molecule has 1 aromatic heterocycles. The van der Waals surface area contributed by atoms with Gasteiger partial charge in [0.2, 0.25) is 11.4 Å². The average molecular weight is 347 g/mol. The quantitative estimate of drug-likeness (QED) is 0.573. The highest BCUT2D eigenvalue weighted by Crippen LogP contribution is 2.23. The zero-order chi connectivity index (χ0) is 18.4. The summed E-state index contributed by atoms with van der Waals surface area (Å²) >= 11 is 0. The molecule has 1 aromatic carbocycles. The number of H-pyrrole nitrogens is 1. The molecular weight excluding hydrogens is 326 g/mol. The lowest BCUT2D eigenvalue weighted by Gasteiger charge is -2.29. The van der Waals surface area contributed by atoms with Crippen molar-refractivity contribution in [3.05, 3.63) is 30.0 Å². The number of para-hydroxylation sites is 1. The number of rotatable bonds is 7. The number of benzene rings is 1. The number of nitrogens with one attached hydrogen (secondary N) is 2. The van der Waals surface area contributed by atoms with Crippen LogP contribution in [0.4, 0.5) is 0 Å². The fraction of sp³-hybridized carbons (Fsp3) is 0.412. The van der Waals surface area contributed by atoms with E-state index in [4.69, 9.17) is 9.47 Å². The molecular formula is C17H21N3O5. The molecule has 2 N–H and O–H groups in total. The highest BCUT2D eigenvalue weighted by atomic mass is 16.6. The van der Waals surface area contributed by atoms with Gasteiger partial charge in [0, 0.05) is 24.4 Å². The first kappa shape index (κ1) is 18.4. The third kappa shape index (κ3) is 3.78. The fourth-order valence-corrected chi connectivity index (χ4v) is 2.60. The summed E-state index contributed by atoms with van der Waals surface area (Å²) in [6, 6.07) is 7.24. The molecule has 8 heteroatoms. The number of aromatic amines is 1. The maximum atomic E-state index is 12.6. The van der Waals surface area contributed by atoms with Crippen molar-refractivity contribution < 1.29 is 23.9 Å². The Morgan fingerprint density at radius 2 is 1.72 bits per heavy atom. The largest absolute Gasteiger partial charge is 0.464 e. The molecule has 0 fully saturated rings. The number of ether oxygens (including phenoxy) is 2. The van der Waals surface area contributed by atoms with Crippen LogP contribution in [0.3, 0.4) is 0 Å². The highest BCUT2D eigenvalue weighted by molar-refractivity contribution is 6.08. The van der Waals surface area contributed by atoms with Crippen LogP contribution in [0.1, 0.15) is 26.5 Å². The molecule has 2 aromatic rings. The normalized spacial score (nSPS) is 11.2. The summed E-state index contributed by atoms with van der Waals surface area (Å²) in [5, 5.41) is 10.1. The minimum Gasteiger partial charge on any atom is -0.464 e. The van der Waals surface area contributed by atoms with Gasteiger partial charge in [0.15, 0.2) is 0 Å². The van der Waals surface area contributed by atoms with Gasteiger partial charge in [0.05, 0.1) is 18.7 Å². The van der Waals surface area contributed by atoms with Crippen LogP contribution in [0.2, 0.25) is 0 Å². The summed E-state index contributed by atoms with van der Waals surface area (Å²) in [5.41, 5.74) is -0.778. The van der Waals surface area contributed by atoms with Crippen LogP contribution >= 0.6 is 0 Å². The lowest BCUT2D eigenvalue weighted by Crippen LogP contribution is -2.62. The summed E-state index contributed by atoms with van der Waals surface area (Å²) in [6.45, 7) is 4.57. The van der Waals surface area contributed by atoms with Crippen molar-refractivity contribution in [2.24, 2.45) is 0 Å². The van der Waals surface area contributed by atoms with Crippen molar-refractivity contribution in [1.82, 2.24) is 15.5 Å². The number of esters is 2. The van der Waals surface area contributed by atoms with Crippen molar-refractivity contribution in [3.63, 3.8) is 0 Å². The second-order valence-corrected chi connectivity index (χ2v) is 5.42. The van der Waals surface area contributed by atoms with E-state index in [1.165, 1.54) is 6.92 Å². The highest BCUT2D eigenvalue weighted by Gasteiger charge is 2.50. The van der Waals surface area contributed by atoms with E-state index in [2.05, 4.69) is 15.5 Å². The first-order valence-electron chi connectivity index (χ1n) is 7.99. The zero-order valence-corrected chi connectivity index (χ0v) is 14.4. The molecule has 1 heterocycles. The van der Waals surface area contributed by atoms with Gasteiger partial charge in [-0.3, -0.25) is 9.89 Å². The summed E-state index contributed by atoms with van der Waals surface area (Å²) < 4.78 is 10.1. The van der Waals surface area contributed by atoms with Gasteiger partial charge in [-0.1, -0.05) is 18.2 Å². The minimum absolute atomic E-state index is 0.0588. The number of fused-ring (bicyclic) bond motifs is 1. The minimum atomic E-state index is -1.98. The lowest BCUT2D eigenvalue weighted by atomic mass is 9.91. The van der Waals surface area contributed by atoms with E-state index in [9.17, 15) is 14.4 Å². The standard InChI is InChI=1S/C17H21N3O5/c1-4-24-15(22)17(18-11(3)21,16(23)25-5-2)10-14-12-8-6-7-9-13(12)19-20-14/h6-9H,4-5,10H2,1-3H3,(H,18,21)(H,19,20). The van der Waals surface area contributed by atoms with Gasteiger partial charge in [0.25, 0.3) is 0 Å². The molecule has 0 atom stereocenters. The Bertz CT molecular complexity index is 765. The summed E-state index contributed by atoms with van der Waals surface area (Å²) in [7, 11) is 0. The van der Waals surface area contributed by atoms with Crippen LogP contribution in [0.25, 0.3) is 10.9 Å². The van der Waals surface area contributed by atoms with Crippen molar-refractivity contribution in [3.8, 4) is 0 Å². The van der Waals surface area contributed by atoms with E-state index in [0.29, 0.717) is 11.2 Å². The van der Waals surface area contributed by atoms with Gasteiger partial charge >= 0.3 is 11.9 Å². The van der Waals surface area contributed by atoms with Crippen molar-refractivity contribution in [1.29, 1.82) is 0 Å². The third-order valence-electron chi connectivity index (χ3n) is 3.62. The smallest absolute Gasteiger partial charge is 0.344 e. The van der Waals surface area contributed by atoms with Crippen LogP contribution in [-0.2, 0) is 30.3 Å². The average Bonchev–Trinajstić information content (AvgIpc) is 2.97. The molecule has 1 amide bonds. The zero-order valence-electron chi connectivity index (χ0n) is 14.4. The predicted molar refractivity (Wildman–Crippen MR) is 89.6 cm³/mol. The van der Waals surface area contributed by atoms with Crippen LogP contribution in [0.5, 0.6) is 0 Å². The molecule has 0 spiro atoms. The first-order valence-corrected chi connectivity index (χ1v) is 7.99. The lowest BCUT2D eigenvalue weighted by molar-refractivity contribution is -0.168. The van der Waals surface area contributed by atoms with Gasteiger partial charge in [0.1, 0.15) is 0 Å². The Labute approximate surface area is 144 Å². The Morgan fingerprint density at radius 1 is 1.12 bits per heavy atom. The van der Waals surface area contributed by atoms with Gasteiger partial charge in [-0.25, -0.2) is 9.59 Å². The molecule has 134 valence electrons. The monoisotopic (exact) mass is 347 g/mol. The molecule has 0 radical (unpaired) electrons. The first-order chi connectivity index (χ1) is 11.9. The second-order valence-electron chi connectivity index (χ2n) is 5.42. The van der Waals surface area contributed by atoms with E-state index < -0.39 is 23.4 Å². The molecule has 0 bridgehead atoms. The molecule has 0 aliphatic carbocycles. The van der Waals surface area contributed by atoms with E-state index in [1.54, 1.807) is 19.9 Å². The summed E-state index contributed by atoms with van der Waals surface area (Å²) in [5.74, 6) is -2.30.